The van der Waals surface area contributed by atoms with Gasteiger partial charge in [-0.1, -0.05) is 0 Å². The average Bonchev–Trinajstić information content (AvgIpc) is 2.81. The normalized spacial score (nSPS) is 15.6. The summed E-state index contributed by atoms with van der Waals surface area (Å²) in [5, 5.41) is 3.39. The summed E-state index contributed by atoms with van der Waals surface area (Å²) in [6, 6.07) is 4.46. The highest BCUT2D eigenvalue weighted by molar-refractivity contribution is 5.44. The van der Waals surface area contributed by atoms with Crippen LogP contribution in [0.4, 0.5) is 0 Å². The van der Waals surface area contributed by atoms with Crippen molar-refractivity contribution < 1.29 is 8.83 Å². The summed E-state index contributed by atoms with van der Waals surface area (Å²) in [5.41, 5.74) is 0.927. The molecule has 2 heterocycles. The van der Waals surface area contributed by atoms with Crippen LogP contribution in [0.5, 0.6) is 0 Å². The standard InChI is InChI=1S/C12H14N2O2/c1-8-2-5-11(16-8)12-14-10(7-15-12)6-13-9-3-4-9/h2,5,7,9,13H,3-4,6H2,1H3. The van der Waals surface area contributed by atoms with Crippen molar-refractivity contribution in [2.75, 3.05) is 0 Å². The third-order valence-corrected chi connectivity index (χ3v) is 2.65. The molecule has 0 aromatic carbocycles. The summed E-state index contributed by atoms with van der Waals surface area (Å²) in [5.74, 6) is 2.11. The minimum absolute atomic E-state index is 0.556. The third-order valence-electron chi connectivity index (χ3n) is 2.65. The molecule has 1 saturated carbocycles. The molecule has 84 valence electrons. The van der Waals surface area contributed by atoms with Crippen molar-refractivity contribution in [3.8, 4) is 11.7 Å². The smallest absolute Gasteiger partial charge is 0.263 e. The van der Waals surface area contributed by atoms with Gasteiger partial charge in [-0.3, -0.25) is 0 Å². The Morgan fingerprint density at radius 2 is 2.31 bits per heavy atom. The van der Waals surface area contributed by atoms with E-state index in [0.717, 1.165) is 18.0 Å². The molecule has 0 radical (unpaired) electrons. The van der Waals surface area contributed by atoms with Gasteiger partial charge in [-0.05, 0) is 31.9 Å². The van der Waals surface area contributed by atoms with E-state index < -0.39 is 0 Å². The van der Waals surface area contributed by atoms with Crippen LogP contribution in [-0.4, -0.2) is 11.0 Å². The van der Waals surface area contributed by atoms with Gasteiger partial charge >= 0.3 is 0 Å². The lowest BCUT2D eigenvalue weighted by molar-refractivity contribution is 0.501. The van der Waals surface area contributed by atoms with E-state index in [0.29, 0.717) is 17.7 Å². The Hall–Kier alpha value is -1.55. The number of nitrogens with one attached hydrogen (secondary N) is 1. The lowest BCUT2D eigenvalue weighted by Crippen LogP contribution is -2.15. The third kappa shape index (κ3) is 2.02. The molecule has 2 aromatic rings. The van der Waals surface area contributed by atoms with Gasteiger partial charge in [0.2, 0.25) is 0 Å². The van der Waals surface area contributed by atoms with Crippen LogP contribution < -0.4 is 5.32 Å². The van der Waals surface area contributed by atoms with Crippen molar-refractivity contribution in [2.24, 2.45) is 0 Å². The number of hydrogen-bond acceptors (Lipinski definition) is 4. The predicted molar refractivity (Wildman–Crippen MR) is 58.8 cm³/mol. The highest BCUT2D eigenvalue weighted by Crippen LogP contribution is 2.22. The molecule has 4 heteroatoms. The summed E-state index contributed by atoms with van der Waals surface area (Å²) in [6.07, 6.45) is 4.24. The van der Waals surface area contributed by atoms with Crippen LogP contribution in [0.3, 0.4) is 0 Å². The van der Waals surface area contributed by atoms with Gasteiger partial charge in [0.05, 0.1) is 5.69 Å². The van der Waals surface area contributed by atoms with Crippen molar-refractivity contribution in [1.29, 1.82) is 0 Å². The monoisotopic (exact) mass is 218 g/mol. The fraction of sp³-hybridized carbons (Fsp3) is 0.417. The van der Waals surface area contributed by atoms with Crippen LogP contribution in [0, 0.1) is 6.92 Å². The summed E-state index contributed by atoms with van der Waals surface area (Å²) in [4.78, 5) is 4.37. The Bertz CT molecular complexity index is 483. The zero-order valence-corrected chi connectivity index (χ0v) is 9.19. The van der Waals surface area contributed by atoms with Crippen molar-refractivity contribution in [3.05, 3.63) is 29.9 Å². The number of rotatable bonds is 4. The van der Waals surface area contributed by atoms with Crippen LogP contribution >= 0.6 is 0 Å². The average molecular weight is 218 g/mol. The molecule has 4 nitrogen and oxygen atoms in total. The molecule has 0 bridgehead atoms. The maximum absolute atomic E-state index is 5.44. The molecule has 0 saturated heterocycles. The molecular weight excluding hydrogens is 204 g/mol. The van der Waals surface area contributed by atoms with Gasteiger partial charge in [-0.15, -0.1) is 0 Å². The van der Waals surface area contributed by atoms with Crippen molar-refractivity contribution in [3.63, 3.8) is 0 Å². The van der Waals surface area contributed by atoms with Crippen molar-refractivity contribution >= 4 is 0 Å². The summed E-state index contributed by atoms with van der Waals surface area (Å²) >= 11 is 0. The van der Waals surface area contributed by atoms with E-state index in [2.05, 4.69) is 10.3 Å². The molecule has 0 amide bonds. The quantitative estimate of drug-likeness (QED) is 0.856. The first kappa shape index (κ1) is 9.66. The fourth-order valence-electron chi connectivity index (χ4n) is 1.59. The molecule has 16 heavy (non-hydrogen) atoms. The van der Waals surface area contributed by atoms with Gasteiger partial charge in [0.15, 0.2) is 5.76 Å². The van der Waals surface area contributed by atoms with Crippen LogP contribution in [0.15, 0.2) is 27.2 Å². The van der Waals surface area contributed by atoms with Gasteiger partial charge in [0.1, 0.15) is 12.0 Å². The molecule has 1 N–H and O–H groups in total. The van der Waals surface area contributed by atoms with Crippen LogP contribution in [-0.2, 0) is 6.54 Å². The summed E-state index contributed by atoms with van der Waals surface area (Å²) < 4.78 is 10.8. The van der Waals surface area contributed by atoms with E-state index in [1.807, 2.05) is 19.1 Å². The molecule has 1 fully saturated rings. The van der Waals surface area contributed by atoms with Crippen molar-refractivity contribution in [1.82, 2.24) is 10.3 Å². The minimum Gasteiger partial charge on any atom is -0.456 e. The van der Waals surface area contributed by atoms with E-state index in [-0.39, 0.29) is 0 Å². The van der Waals surface area contributed by atoms with Crippen molar-refractivity contribution in [2.45, 2.75) is 32.4 Å². The van der Waals surface area contributed by atoms with Crippen LogP contribution in [0.2, 0.25) is 0 Å². The lowest BCUT2D eigenvalue weighted by atomic mass is 10.4. The van der Waals surface area contributed by atoms with E-state index in [4.69, 9.17) is 8.83 Å². The molecule has 3 rings (SSSR count). The lowest BCUT2D eigenvalue weighted by Gasteiger charge is -1.95. The van der Waals surface area contributed by atoms with Crippen LogP contribution in [0.1, 0.15) is 24.3 Å². The Kier molecular flexibility index (Phi) is 2.29. The van der Waals surface area contributed by atoms with Gasteiger partial charge in [0.25, 0.3) is 5.89 Å². The van der Waals surface area contributed by atoms with Gasteiger partial charge in [-0.2, -0.15) is 0 Å². The number of aromatic nitrogens is 1. The van der Waals surface area contributed by atoms with Gasteiger partial charge in [0, 0.05) is 12.6 Å². The Balaban J connectivity index is 1.71. The van der Waals surface area contributed by atoms with E-state index >= 15 is 0 Å². The van der Waals surface area contributed by atoms with Gasteiger partial charge in [-0.25, -0.2) is 4.98 Å². The second-order valence-electron chi connectivity index (χ2n) is 4.21. The highest BCUT2D eigenvalue weighted by atomic mass is 16.4. The number of hydrogen-bond donors (Lipinski definition) is 1. The second kappa shape index (κ2) is 3.79. The Labute approximate surface area is 93.7 Å². The second-order valence-corrected chi connectivity index (χ2v) is 4.21. The molecule has 0 unspecified atom stereocenters. The van der Waals surface area contributed by atoms with Crippen LogP contribution in [0.25, 0.3) is 11.7 Å². The molecule has 0 aliphatic heterocycles. The SMILES string of the molecule is Cc1ccc(-c2nc(CNC3CC3)co2)o1. The molecule has 0 atom stereocenters. The van der Waals surface area contributed by atoms with E-state index in [1.54, 1.807) is 6.26 Å². The minimum atomic E-state index is 0.556. The zero-order chi connectivity index (χ0) is 11.0. The highest BCUT2D eigenvalue weighted by Gasteiger charge is 2.20. The van der Waals surface area contributed by atoms with E-state index in [1.165, 1.54) is 12.8 Å². The molecule has 1 aliphatic carbocycles. The molecule has 2 aromatic heterocycles. The van der Waals surface area contributed by atoms with E-state index in [9.17, 15) is 0 Å². The molecule has 0 spiro atoms. The number of oxazole rings is 1. The maximum Gasteiger partial charge on any atom is 0.263 e. The number of nitrogens with zero attached hydrogens (tertiary/aromatic N) is 1. The first-order valence-corrected chi connectivity index (χ1v) is 5.56. The number of aryl methyl sites for hydroxylation is 1. The Morgan fingerprint density at radius 1 is 1.44 bits per heavy atom. The first-order chi connectivity index (χ1) is 7.81. The Morgan fingerprint density at radius 3 is 3.00 bits per heavy atom. The number of furan rings is 1. The fourth-order valence-corrected chi connectivity index (χ4v) is 1.59. The first-order valence-electron chi connectivity index (χ1n) is 5.56. The summed E-state index contributed by atoms with van der Waals surface area (Å²) in [6.45, 7) is 2.68. The zero-order valence-electron chi connectivity index (χ0n) is 9.19. The maximum atomic E-state index is 5.44. The predicted octanol–water partition coefficient (Wildman–Crippen LogP) is 2.50. The topological polar surface area (TPSA) is 51.2 Å². The molecule has 1 aliphatic rings. The largest absolute Gasteiger partial charge is 0.456 e. The molecular formula is C12H14N2O2. The van der Waals surface area contributed by atoms with Gasteiger partial charge < -0.3 is 14.2 Å². The summed E-state index contributed by atoms with van der Waals surface area (Å²) in [7, 11) is 0.